The molecule has 1 atom stereocenters. The van der Waals surface area contributed by atoms with Crippen LogP contribution in [0.1, 0.15) is 77.0 Å². The zero-order chi connectivity index (χ0) is 18.0. The molecule has 0 aliphatic rings. The second-order valence-electron chi connectivity index (χ2n) is 6.36. The van der Waals surface area contributed by atoms with Crippen molar-refractivity contribution in [1.29, 1.82) is 0 Å². The minimum Gasteiger partial charge on any atom is -0.457 e. The molecule has 0 aliphatic carbocycles. The van der Waals surface area contributed by atoms with Crippen molar-refractivity contribution >= 4 is 5.97 Å². The van der Waals surface area contributed by atoms with Gasteiger partial charge in [0.1, 0.15) is 6.10 Å². The van der Waals surface area contributed by atoms with Gasteiger partial charge in [0.15, 0.2) is 0 Å². The van der Waals surface area contributed by atoms with Gasteiger partial charge in [-0.05, 0) is 32.1 Å². The predicted molar refractivity (Wildman–Crippen MR) is 95.7 cm³/mol. The van der Waals surface area contributed by atoms with Crippen molar-refractivity contribution < 1.29 is 24.9 Å². The number of unbranched alkanes of at least 4 members (excludes halogenated alkanes) is 7. The number of esters is 1. The first kappa shape index (κ1) is 23.1. The lowest BCUT2D eigenvalue weighted by Gasteiger charge is -2.12. The first-order valence-corrected chi connectivity index (χ1v) is 9.34. The van der Waals surface area contributed by atoms with Crippen LogP contribution in [-0.4, -0.2) is 46.7 Å². The van der Waals surface area contributed by atoms with Crippen molar-refractivity contribution in [2.45, 2.75) is 89.3 Å². The summed E-state index contributed by atoms with van der Waals surface area (Å²) in [6.07, 6.45) is 12.4. The first-order valence-electron chi connectivity index (χ1n) is 9.34. The Morgan fingerprint density at radius 1 is 0.917 bits per heavy atom. The number of hydrogen-bond acceptors (Lipinski definition) is 5. The summed E-state index contributed by atoms with van der Waals surface area (Å²) < 4.78 is 4.90. The van der Waals surface area contributed by atoms with Gasteiger partial charge in [-0.25, -0.2) is 0 Å². The molecule has 0 saturated carbocycles. The van der Waals surface area contributed by atoms with Crippen LogP contribution in [0.3, 0.4) is 0 Å². The second kappa shape index (κ2) is 16.9. The van der Waals surface area contributed by atoms with Gasteiger partial charge in [-0.3, -0.25) is 4.79 Å². The summed E-state index contributed by atoms with van der Waals surface area (Å²) >= 11 is 0. The number of aliphatic hydroxyl groups excluding tert-OH is 3. The average Bonchev–Trinajstić information content (AvgIpc) is 2.58. The maximum absolute atomic E-state index is 11.4. The van der Waals surface area contributed by atoms with E-state index >= 15 is 0 Å². The van der Waals surface area contributed by atoms with Crippen LogP contribution in [0, 0.1) is 0 Å². The molecular weight excluding hydrogens is 308 g/mol. The number of carbonyl (C=O) groups is 1. The highest BCUT2D eigenvalue weighted by Crippen LogP contribution is 2.13. The summed E-state index contributed by atoms with van der Waals surface area (Å²) in [6, 6.07) is 0. The topological polar surface area (TPSA) is 87.0 Å². The highest BCUT2D eigenvalue weighted by molar-refractivity contribution is 5.69. The van der Waals surface area contributed by atoms with Crippen LogP contribution < -0.4 is 0 Å². The molecule has 0 aromatic rings. The van der Waals surface area contributed by atoms with E-state index in [0.717, 1.165) is 70.6 Å². The summed E-state index contributed by atoms with van der Waals surface area (Å²) in [4.78, 5) is 11.4. The van der Waals surface area contributed by atoms with E-state index in [-0.39, 0.29) is 25.3 Å². The number of hydrogen-bond donors (Lipinski definition) is 3. The minimum atomic E-state index is -0.791. The van der Waals surface area contributed by atoms with E-state index in [1.807, 2.05) is 6.08 Å². The molecule has 0 fully saturated rings. The van der Waals surface area contributed by atoms with E-state index in [1.165, 1.54) is 0 Å². The molecule has 0 amide bonds. The van der Waals surface area contributed by atoms with E-state index in [4.69, 9.17) is 14.9 Å². The molecule has 0 heterocycles. The Kier molecular flexibility index (Phi) is 16.3. The Morgan fingerprint density at radius 2 is 1.46 bits per heavy atom. The number of allylic oxidation sites excluding steroid dienone is 1. The Hall–Kier alpha value is -0.910. The zero-order valence-electron chi connectivity index (χ0n) is 15.0. The maximum Gasteiger partial charge on any atom is 0.306 e. The lowest BCUT2D eigenvalue weighted by Crippen LogP contribution is -2.25. The van der Waals surface area contributed by atoms with Crippen LogP contribution in [0.4, 0.5) is 0 Å². The molecule has 1 unspecified atom stereocenters. The number of aliphatic hydroxyl groups is 3. The lowest BCUT2D eigenvalue weighted by atomic mass is 10.0. The summed E-state index contributed by atoms with van der Waals surface area (Å²) in [5.74, 6) is -0.359. The number of carbonyl (C=O) groups excluding carboxylic acids is 1. The predicted octanol–water partition coefficient (Wildman–Crippen LogP) is 3.11. The molecule has 5 nitrogen and oxygen atoms in total. The molecule has 5 heteroatoms. The molecule has 0 saturated heterocycles. The lowest BCUT2D eigenvalue weighted by molar-refractivity contribution is -0.153. The Morgan fingerprint density at radius 3 is 2.04 bits per heavy atom. The van der Waals surface area contributed by atoms with Crippen molar-refractivity contribution in [3.05, 3.63) is 12.7 Å². The van der Waals surface area contributed by atoms with Crippen molar-refractivity contribution in [1.82, 2.24) is 0 Å². The fraction of sp³-hybridized carbons (Fsp3) is 0.842. The third kappa shape index (κ3) is 14.7. The summed E-state index contributed by atoms with van der Waals surface area (Å²) in [5.41, 5.74) is 0. The Labute approximate surface area is 146 Å². The number of rotatable bonds is 17. The van der Waals surface area contributed by atoms with Crippen LogP contribution in [0.25, 0.3) is 0 Å². The van der Waals surface area contributed by atoms with E-state index < -0.39 is 6.10 Å². The maximum atomic E-state index is 11.4. The molecule has 142 valence electrons. The van der Waals surface area contributed by atoms with Crippen molar-refractivity contribution in [2.24, 2.45) is 0 Å². The Bertz CT molecular complexity index is 302. The zero-order valence-corrected chi connectivity index (χ0v) is 15.0. The van der Waals surface area contributed by atoms with Crippen LogP contribution in [0.15, 0.2) is 12.7 Å². The smallest absolute Gasteiger partial charge is 0.306 e. The molecule has 0 aliphatic heterocycles. The van der Waals surface area contributed by atoms with Gasteiger partial charge >= 0.3 is 5.97 Å². The van der Waals surface area contributed by atoms with Gasteiger partial charge in [0.25, 0.3) is 0 Å². The minimum absolute atomic E-state index is 0.171. The van der Waals surface area contributed by atoms with Gasteiger partial charge in [0.2, 0.25) is 0 Å². The quantitative estimate of drug-likeness (QED) is 0.214. The van der Waals surface area contributed by atoms with Crippen LogP contribution in [0.5, 0.6) is 0 Å². The van der Waals surface area contributed by atoms with Gasteiger partial charge in [0.05, 0.1) is 19.3 Å². The molecule has 0 aromatic heterocycles. The molecule has 0 spiro atoms. The van der Waals surface area contributed by atoms with Crippen LogP contribution in [-0.2, 0) is 9.53 Å². The van der Waals surface area contributed by atoms with E-state index in [1.54, 1.807) is 0 Å². The number of ether oxygens (including phenoxy) is 1. The molecule has 0 aromatic carbocycles. The highest BCUT2D eigenvalue weighted by atomic mass is 16.6. The average molecular weight is 344 g/mol. The van der Waals surface area contributed by atoms with Gasteiger partial charge in [-0.1, -0.05) is 44.6 Å². The van der Waals surface area contributed by atoms with Crippen molar-refractivity contribution in [2.75, 3.05) is 13.2 Å². The highest BCUT2D eigenvalue weighted by Gasteiger charge is 2.11. The van der Waals surface area contributed by atoms with E-state index in [2.05, 4.69) is 6.58 Å². The van der Waals surface area contributed by atoms with E-state index in [9.17, 15) is 9.90 Å². The van der Waals surface area contributed by atoms with Crippen molar-refractivity contribution in [3.63, 3.8) is 0 Å². The van der Waals surface area contributed by atoms with Crippen LogP contribution >= 0.6 is 0 Å². The fourth-order valence-electron chi connectivity index (χ4n) is 2.55. The fourth-order valence-corrected chi connectivity index (χ4v) is 2.55. The van der Waals surface area contributed by atoms with Gasteiger partial charge in [-0.2, -0.15) is 0 Å². The normalized spacial score (nSPS) is 12.3. The standard InChI is InChI=1S/C19H36O5/c1-2-3-4-9-12-17(22)13-10-7-5-6-8-11-14-19(23)24-18(15-20)16-21/h2,17-18,20-22H,1,3-16H2. The Balaban J connectivity index is 3.35. The summed E-state index contributed by atoms with van der Waals surface area (Å²) in [6.45, 7) is 3.00. The monoisotopic (exact) mass is 344 g/mol. The molecule has 0 rings (SSSR count). The largest absolute Gasteiger partial charge is 0.457 e. The molecular formula is C19H36O5. The molecule has 24 heavy (non-hydrogen) atoms. The third-order valence-corrected chi connectivity index (χ3v) is 4.07. The second-order valence-corrected chi connectivity index (χ2v) is 6.36. The van der Waals surface area contributed by atoms with Crippen LogP contribution in [0.2, 0.25) is 0 Å². The first-order chi connectivity index (χ1) is 11.6. The summed E-state index contributed by atoms with van der Waals surface area (Å²) in [5, 5.41) is 27.5. The van der Waals surface area contributed by atoms with Gasteiger partial charge in [-0.15, -0.1) is 6.58 Å². The molecule has 0 radical (unpaired) electrons. The van der Waals surface area contributed by atoms with Gasteiger partial charge < -0.3 is 20.1 Å². The molecule has 3 N–H and O–H groups in total. The van der Waals surface area contributed by atoms with E-state index in [0.29, 0.717) is 6.42 Å². The summed E-state index contributed by atoms with van der Waals surface area (Å²) in [7, 11) is 0. The van der Waals surface area contributed by atoms with Crippen molar-refractivity contribution in [3.8, 4) is 0 Å². The third-order valence-electron chi connectivity index (χ3n) is 4.07. The SMILES string of the molecule is C=CCCCCC(O)CCCCCCCCC(=O)OC(CO)CO. The molecule has 0 bridgehead atoms. The van der Waals surface area contributed by atoms with Gasteiger partial charge in [0, 0.05) is 6.42 Å².